The number of rotatable bonds is 8. The van der Waals surface area contributed by atoms with E-state index in [2.05, 4.69) is 15.2 Å². The molecule has 196 valence electrons. The second-order valence-corrected chi connectivity index (χ2v) is 10.3. The summed E-state index contributed by atoms with van der Waals surface area (Å²) in [5.74, 6) is -0.105. The number of nitrogens with one attached hydrogen (secondary N) is 2. The summed E-state index contributed by atoms with van der Waals surface area (Å²) < 4.78 is 16.5. The predicted molar refractivity (Wildman–Crippen MR) is 137 cm³/mol. The molecule has 9 nitrogen and oxygen atoms in total. The molecule has 3 aliphatic rings. The molecular weight excluding hydrogens is 460 g/mol. The van der Waals surface area contributed by atoms with Crippen LogP contribution in [0, 0.1) is 0 Å². The van der Waals surface area contributed by atoms with Crippen LogP contribution in [-0.2, 0) is 23.8 Å². The summed E-state index contributed by atoms with van der Waals surface area (Å²) in [6, 6.07) is 7.13. The van der Waals surface area contributed by atoms with Gasteiger partial charge in [0.05, 0.1) is 17.9 Å². The fourth-order valence-electron chi connectivity index (χ4n) is 6.38. The number of amides is 2. The van der Waals surface area contributed by atoms with E-state index in [1.165, 1.54) is 0 Å². The minimum atomic E-state index is -0.595. The zero-order valence-corrected chi connectivity index (χ0v) is 21.3. The highest BCUT2D eigenvalue weighted by molar-refractivity contribution is 6.04. The number of benzene rings is 1. The molecule has 2 saturated heterocycles. The van der Waals surface area contributed by atoms with Crippen molar-refractivity contribution in [3.8, 4) is 0 Å². The average molecular weight is 499 g/mol. The van der Waals surface area contributed by atoms with Gasteiger partial charge >= 0.3 is 0 Å². The van der Waals surface area contributed by atoms with E-state index in [1.54, 1.807) is 19.1 Å². The Labute approximate surface area is 212 Å². The Hall–Kier alpha value is -2.46. The molecule has 5 rings (SSSR count). The lowest BCUT2D eigenvalue weighted by Crippen LogP contribution is -2.62. The van der Waals surface area contributed by atoms with Crippen LogP contribution in [0.15, 0.2) is 30.5 Å². The number of carbonyl (C=O) groups is 2. The second-order valence-electron chi connectivity index (χ2n) is 10.3. The van der Waals surface area contributed by atoms with Gasteiger partial charge in [0, 0.05) is 57.4 Å². The highest BCUT2D eigenvalue weighted by Gasteiger charge is 2.52. The van der Waals surface area contributed by atoms with E-state index in [9.17, 15) is 9.59 Å². The number of anilines is 1. The van der Waals surface area contributed by atoms with E-state index < -0.39 is 11.6 Å². The van der Waals surface area contributed by atoms with Crippen LogP contribution >= 0.6 is 0 Å². The van der Waals surface area contributed by atoms with Crippen molar-refractivity contribution >= 4 is 28.4 Å². The van der Waals surface area contributed by atoms with Gasteiger partial charge in [0.25, 0.3) is 0 Å². The largest absolute Gasteiger partial charge is 0.381 e. The average Bonchev–Trinajstić information content (AvgIpc) is 3.67. The van der Waals surface area contributed by atoms with Crippen molar-refractivity contribution in [3.63, 3.8) is 0 Å². The lowest BCUT2D eigenvalue weighted by atomic mass is 9.89. The van der Waals surface area contributed by atoms with E-state index >= 15 is 0 Å². The quantitative estimate of drug-likeness (QED) is 0.543. The Balaban J connectivity index is 1.38. The van der Waals surface area contributed by atoms with Crippen molar-refractivity contribution in [2.24, 2.45) is 0 Å². The van der Waals surface area contributed by atoms with E-state index in [-0.39, 0.29) is 30.8 Å². The molecule has 0 radical (unpaired) electrons. The van der Waals surface area contributed by atoms with E-state index in [0.29, 0.717) is 13.0 Å². The van der Waals surface area contributed by atoms with Crippen LogP contribution in [0.5, 0.6) is 0 Å². The van der Waals surface area contributed by atoms with Gasteiger partial charge in [-0.3, -0.25) is 14.5 Å². The van der Waals surface area contributed by atoms with Gasteiger partial charge in [0.1, 0.15) is 18.4 Å². The maximum atomic E-state index is 14.4. The first-order valence-electron chi connectivity index (χ1n) is 13.1. The summed E-state index contributed by atoms with van der Waals surface area (Å²) in [5.41, 5.74) is 1.15. The Bertz CT molecular complexity index is 1060. The molecule has 2 aromatic rings. The summed E-state index contributed by atoms with van der Waals surface area (Å²) in [4.78, 5) is 35.4. The van der Waals surface area contributed by atoms with Crippen molar-refractivity contribution in [2.45, 2.75) is 68.7 Å². The number of aromatic amines is 1. The van der Waals surface area contributed by atoms with Crippen LogP contribution in [0.3, 0.4) is 0 Å². The zero-order valence-electron chi connectivity index (χ0n) is 21.3. The molecule has 0 unspecified atom stereocenters. The Morgan fingerprint density at radius 2 is 1.89 bits per heavy atom. The van der Waals surface area contributed by atoms with Gasteiger partial charge in [-0.15, -0.1) is 0 Å². The summed E-state index contributed by atoms with van der Waals surface area (Å²) in [7, 11) is 3.34. The first-order valence-corrected chi connectivity index (χ1v) is 13.1. The molecule has 2 amide bonds. The lowest BCUT2D eigenvalue weighted by Gasteiger charge is -2.46. The van der Waals surface area contributed by atoms with Gasteiger partial charge in [-0.25, -0.2) is 0 Å². The molecule has 9 heteroatoms. The van der Waals surface area contributed by atoms with Gasteiger partial charge in [-0.1, -0.05) is 18.9 Å². The van der Waals surface area contributed by atoms with Crippen molar-refractivity contribution in [1.82, 2.24) is 14.8 Å². The molecule has 1 aromatic carbocycles. The Morgan fingerprint density at radius 1 is 1.11 bits per heavy atom. The summed E-state index contributed by atoms with van der Waals surface area (Å²) >= 11 is 0. The number of carbonyl (C=O) groups excluding carboxylic acids is 2. The molecular formula is C27H38N4O5. The summed E-state index contributed by atoms with van der Waals surface area (Å²) in [6.07, 6.45) is 7.89. The second kappa shape index (κ2) is 10.9. The number of likely N-dealkylation sites (tertiary alicyclic amines) is 2. The highest BCUT2D eigenvalue weighted by atomic mass is 16.7. The molecule has 2 aliphatic heterocycles. The number of piperidine rings is 1. The third kappa shape index (κ3) is 4.77. The smallest absolute Gasteiger partial charge is 0.247 e. The van der Waals surface area contributed by atoms with E-state index in [4.69, 9.17) is 14.2 Å². The number of ether oxygens (including phenoxy) is 3. The van der Waals surface area contributed by atoms with Crippen LogP contribution < -0.4 is 5.32 Å². The van der Waals surface area contributed by atoms with Crippen molar-refractivity contribution in [1.29, 1.82) is 0 Å². The Kier molecular flexibility index (Phi) is 7.62. The lowest BCUT2D eigenvalue weighted by molar-refractivity contribution is -0.150. The van der Waals surface area contributed by atoms with Crippen molar-refractivity contribution in [3.05, 3.63) is 30.5 Å². The van der Waals surface area contributed by atoms with Crippen LogP contribution in [0.1, 0.15) is 44.9 Å². The first kappa shape index (κ1) is 25.2. The molecule has 3 heterocycles. The van der Waals surface area contributed by atoms with Gasteiger partial charge < -0.3 is 29.4 Å². The number of H-pyrrole nitrogens is 1. The van der Waals surface area contributed by atoms with Gasteiger partial charge in [0.15, 0.2) is 0 Å². The number of fused-ring (bicyclic) bond motifs is 1. The number of hydrogen-bond acceptors (Lipinski definition) is 6. The topological polar surface area (TPSA) is 96.1 Å². The minimum absolute atomic E-state index is 0.0689. The maximum absolute atomic E-state index is 14.4. The molecule has 0 spiro atoms. The van der Waals surface area contributed by atoms with Crippen molar-refractivity contribution < 1.29 is 23.8 Å². The molecule has 1 aliphatic carbocycles. The summed E-state index contributed by atoms with van der Waals surface area (Å²) in [5, 5.41) is 4.05. The molecule has 2 N–H and O–H groups in total. The third-order valence-corrected chi connectivity index (χ3v) is 8.31. The number of hydrogen-bond donors (Lipinski definition) is 2. The van der Waals surface area contributed by atoms with Gasteiger partial charge in [-0.2, -0.15) is 0 Å². The molecule has 36 heavy (non-hydrogen) atoms. The van der Waals surface area contributed by atoms with Gasteiger partial charge in [-0.05, 0) is 43.9 Å². The van der Waals surface area contributed by atoms with Gasteiger partial charge in [0.2, 0.25) is 11.8 Å². The van der Waals surface area contributed by atoms with Crippen LogP contribution in [-0.4, -0.2) is 91.0 Å². The third-order valence-electron chi connectivity index (χ3n) is 8.31. The normalized spacial score (nSPS) is 25.0. The SMILES string of the molecule is COCO[C@@H]1C[C@H](C(=O)Nc2cccc3[nH]ccc23)N(C(=O)C2(N3CCC(OC)CC3)CCCC2)C1. The standard InChI is InChI=1S/C27H38N4O5/c1-34-18-36-20-16-24(25(32)29-23-7-5-6-22-21(23)8-13-28-22)31(17-20)26(33)27(11-3-4-12-27)30-14-9-19(35-2)10-15-30/h5-8,13,19-20,24,28H,3-4,9-12,14-18H2,1-2H3,(H,29,32)/t20-,24-/m1/s1. The maximum Gasteiger partial charge on any atom is 0.247 e. The van der Waals surface area contributed by atoms with E-state index in [0.717, 1.165) is 68.2 Å². The number of nitrogens with zero attached hydrogens (tertiary/aromatic N) is 2. The molecule has 0 bridgehead atoms. The molecule has 1 aromatic heterocycles. The predicted octanol–water partition coefficient (Wildman–Crippen LogP) is 3.12. The van der Waals surface area contributed by atoms with Crippen molar-refractivity contribution in [2.75, 3.05) is 46.0 Å². The van der Waals surface area contributed by atoms with E-state index in [1.807, 2.05) is 30.5 Å². The molecule has 3 fully saturated rings. The number of aromatic nitrogens is 1. The van der Waals surface area contributed by atoms with Crippen LogP contribution in [0.25, 0.3) is 10.9 Å². The summed E-state index contributed by atoms with van der Waals surface area (Å²) in [6.45, 7) is 2.21. The number of methoxy groups -OCH3 is 2. The minimum Gasteiger partial charge on any atom is -0.381 e. The Morgan fingerprint density at radius 3 is 2.61 bits per heavy atom. The molecule has 2 atom stereocenters. The first-order chi connectivity index (χ1) is 17.6. The fourth-order valence-corrected chi connectivity index (χ4v) is 6.38. The zero-order chi connectivity index (χ0) is 25.1. The van der Waals surface area contributed by atoms with Crippen LogP contribution in [0.4, 0.5) is 5.69 Å². The fraction of sp³-hybridized carbons (Fsp3) is 0.630. The molecule has 1 saturated carbocycles. The monoisotopic (exact) mass is 498 g/mol. The highest BCUT2D eigenvalue weighted by Crippen LogP contribution is 2.40. The van der Waals surface area contributed by atoms with Crippen LogP contribution in [0.2, 0.25) is 0 Å².